The zero-order chi connectivity index (χ0) is 19.2. The summed E-state index contributed by atoms with van der Waals surface area (Å²) in [5, 5.41) is 9.28. The highest BCUT2D eigenvalue weighted by molar-refractivity contribution is 5.40. The highest BCUT2D eigenvalue weighted by atomic mass is 16.2. The Bertz CT molecular complexity index is 1000. The Hall–Kier alpha value is -2.61. The predicted octanol–water partition coefficient (Wildman–Crippen LogP) is 3.18. The molecule has 0 aliphatic heterocycles. The molecule has 5 heteroatoms. The van der Waals surface area contributed by atoms with Crippen molar-refractivity contribution in [2.24, 2.45) is 0 Å². The van der Waals surface area contributed by atoms with Gasteiger partial charge >= 0.3 is 5.69 Å². The van der Waals surface area contributed by atoms with E-state index >= 15 is 0 Å². The van der Waals surface area contributed by atoms with Gasteiger partial charge in [-0.25, -0.2) is 4.79 Å². The quantitative estimate of drug-likeness (QED) is 0.853. The lowest BCUT2D eigenvalue weighted by atomic mass is 9.84. The van der Waals surface area contributed by atoms with Gasteiger partial charge in [0.15, 0.2) is 0 Å². The molecule has 26 heavy (non-hydrogen) atoms. The topological polar surface area (TPSA) is 67.8 Å². The third-order valence-electron chi connectivity index (χ3n) is 5.13. The van der Waals surface area contributed by atoms with Crippen molar-refractivity contribution >= 4 is 0 Å². The largest absolute Gasteiger partial charge is 0.331 e. The molecule has 2 aromatic rings. The van der Waals surface area contributed by atoms with E-state index in [4.69, 9.17) is 0 Å². The van der Waals surface area contributed by atoms with Gasteiger partial charge in [-0.15, -0.1) is 0 Å². The second-order valence-electron chi connectivity index (χ2n) is 8.31. The lowest BCUT2D eigenvalue weighted by Crippen LogP contribution is -2.41. The van der Waals surface area contributed by atoms with Crippen LogP contribution in [0.1, 0.15) is 67.5 Å². The average Bonchev–Trinajstić information content (AvgIpc) is 3.37. The van der Waals surface area contributed by atoms with E-state index in [1.54, 1.807) is 4.57 Å². The molecule has 1 fully saturated rings. The summed E-state index contributed by atoms with van der Waals surface area (Å²) in [4.78, 5) is 25.4. The molecule has 0 atom stereocenters. The summed E-state index contributed by atoms with van der Waals surface area (Å²) < 4.78 is 2.76. The summed E-state index contributed by atoms with van der Waals surface area (Å²) in [5.74, 6) is 0. The molecule has 0 unspecified atom stereocenters. The summed E-state index contributed by atoms with van der Waals surface area (Å²) in [6.45, 7) is 10.7. The van der Waals surface area contributed by atoms with E-state index < -0.39 is 5.56 Å². The van der Waals surface area contributed by atoms with Crippen LogP contribution in [0.25, 0.3) is 0 Å². The third-order valence-corrected chi connectivity index (χ3v) is 5.13. The number of aryl methyl sites for hydroxylation is 2. The number of rotatable bonds is 3. The Morgan fingerprint density at radius 2 is 1.73 bits per heavy atom. The first-order valence-corrected chi connectivity index (χ1v) is 9.00. The second-order valence-corrected chi connectivity index (χ2v) is 8.31. The smallest absolute Gasteiger partial charge is 0.296 e. The van der Waals surface area contributed by atoms with E-state index in [0.29, 0.717) is 0 Å². The average molecular weight is 351 g/mol. The summed E-state index contributed by atoms with van der Waals surface area (Å²) in [6.07, 6.45) is 3.25. The van der Waals surface area contributed by atoms with Crippen molar-refractivity contribution in [3.8, 4) is 6.07 Å². The number of nitrogens with zero attached hydrogens (tertiary/aromatic N) is 3. The van der Waals surface area contributed by atoms with Crippen molar-refractivity contribution in [1.82, 2.24) is 9.13 Å². The Balaban J connectivity index is 2.13. The van der Waals surface area contributed by atoms with E-state index in [1.165, 1.54) is 16.3 Å². The maximum Gasteiger partial charge on any atom is 0.331 e. The van der Waals surface area contributed by atoms with Gasteiger partial charge in [0.05, 0.1) is 6.54 Å². The van der Waals surface area contributed by atoms with Crippen molar-refractivity contribution in [3.63, 3.8) is 0 Å². The second kappa shape index (κ2) is 6.28. The SMILES string of the molecule is Cc1cc(C(C)(C)C)cc(C)c1Cn1c(=O)c(C#N)cn(C2CC2)c1=O. The normalized spacial score (nSPS) is 14.3. The highest BCUT2D eigenvalue weighted by Crippen LogP contribution is 2.33. The number of hydrogen-bond donors (Lipinski definition) is 0. The van der Waals surface area contributed by atoms with Gasteiger partial charge in [0.1, 0.15) is 11.6 Å². The van der Waals surface area contributed by atoms with E-state index in [-0.39, 0.29) is 29.3 Å². The molecule has 0 amide bonds. The molecule has 0 radical (unpaired) electrons. The van der Waals surface area contributed by atoms with E-state index in [1.807, 2.05) is 19.9 Å². The third kappa shape index (κ3) is 3.24. The molecular formula is C21H25N3O2. The van der Waals surface area contributed by atoms with Gasteiger partial charge in [-0.05, 0) is 54.4 Å². The van der Waals surface area contributed by atoms with Gasteiger partial charge in [-0.3, -0.25) is 13.9 Å². The lowest BCUT2D eigenvalue weighted by molar-refractivity contribution is 0.580. The summed E-state index contributed by atoms with van der Waals surface area (Å²) in [5.41, 5.74) is 3.54. The van der Waals surface area contributed by atoms with Gasteiger partial charge in [0.2, 0.25) is 0 Å². The van der Waals surface area contributed by atoms with Crippen LogP contribution in [0.3, 0.4) is 0 Å². The minimum atomic E-state index is -0.506. The van der Waals surface area contributed by atoms with Crippen LogP contribution in [0, 0.1) is 25.2 Å². The lowest BCUT2D eigenvalue weighted by Gasteiger charge is -2.22. The molecule has 1 saturated carbocycles. The van der Waals surface area contributed by atoms with Crippen LogP contribution in [-0.2, 0) is 12.0 Å². The van der Waals surface area contributed by atoms with E-state index in [9.17, 15) is 14.9 Å². The van der Waals surface area contributed by atoms with Crippen molar-refractivity contribution in [3.05, 3.63) is 67.0 Å². The molecule has 3 rings (SSSR count). The molecule has 1 aliphatic rings. The number of hydrogen-bond acceptors (Lipinski definition) is 3. The van der Waals surface area contributed by atoms with E-state index in [0.717, 1.165) is 29.5 Å². The molecule has 0 N–H and O–H groups in total. The Morgan fingerprint density at radius 1 is 1.15 bits per heavy atom. The fraction of sp³-hybridized carbons (Fsp3) is 0.476. The van der Waals surface area contributed by atoms with Gasteiger partial charge in [-0.1, -0.05) is 32.9 Å². The zero-order valence-corrected chi connectivity index (χ0v) is 16.1. The van der Waals surface area contributed by atoms with Crippen molar-refractivity contribution in [1.29, 1.82) is 5.26 Å². The first-order valence-electron chi connectivity index (χ1n) is 9.00. The molecule has 1 aliphatic carbocycles. The Morgan fingerprint density at radius 3 is 2.19 bits per heavy atom. The monoisotopic (exact) mass is 351 g/mol. The van der Waals surface area contributed by atoms with Crippen LogP contribution < -0.4 is 11.2 Å². The Kier molecular flexibility index (Phi) is 4.39. The van der Waals surface area contributed by atoms with Crippen LogP contribution >= 0.6 is 0 Å². The molecule has 5 nitrogen and oxygen atoms in total. The van der Waals surface area contributed by atoms with Crippen LogP contribution in [0.2, 0.25) is 0 Å². The van der Waals surface area contributed by atoms with Gasteiger partial charge in [-0.2, -0.15) is 5.26 Å². The van der Waals surface area contributed by atoms with Crippen molar-refractivity contribution in [2.75, 3.05) is 0 Å². The van der Waals surface area contributed by atoms with Gasteiger partial charge in [0, 0.05) is 12.2 Å². The molecule has 0 bridgehead atoms. The molecule has 1 aromatic heterocycles. The van der Waals surface area contributed by atoms with Crippen LogP contribution in [0.5, 0.6) is 0 Å². The van der Waals surface area contributed by atoms with Gasteiger partial charge < -0.3 is 0 Å². The standard InChI is InChI=1S/C21H25N3O2/c1-13-8-16(21(3,4)5)9-14(2)18(13)12-24-19(25)15(10-22)11-23(20(24)26)17-6-7-17/h8-9,11,17H,6-7,12H2,1-5H3. The van der Waals surface area contributed by atoms with Crippen molar-refractivity contribution < 1.29 is 0 Å². The Labute approximate surface area is 153 Å². The number of benzene rings is 1. The van der Waals surface area contributed by atoms with Crippen LogP contribution in [-0.4, -0.2) is 9.13 Å². The number of nitriles is 1. The molecule has 0 saturated heterocycles. The van der Waals surface area contributed by atoms with Gasteiger partial charge in [0.25, 0.3) is 5.56 Å². The molecule has 1 aromatic carbocycles. The maximum atomic E-state index is 12.8. The maximum absolute atomic E-state index is 12.8. The van der Waals surface area contributed by atoms with Crippen LogP contribution in [0.4, 0.5) is 0 Å². The molecular weight excluding hydrogens is 326 g/mol. The zero-order valence-electron chi connectivity index (χ0n) is 16.1. The highest BCUT2D eigenvalue weighted by Gasteiger charge is 2.27. The molecule has 136 valence electrons. The number of aromatic nitrogens is 2. The minimum absolute atomic E-state index is 0.0260. The fourth-order valence-electron chi connectivity index (χ4n) is 3.29. The molecule has 1 heterocycles. The van der Waals surface area contributed by atoms with Crippen LogP contribution in [0.15, 0.2) is 27.9 Å². The fourth-order valence-corrected chi connectivity index (χ4v) is 3.29. The predicted molar refractivity (Wildman–Crippen MR) is 102 cm³/mol. The molecule has 0 spiro atoms. The van der Waals surface area contributed by atoms with E-state index in [2.05, 4.69) is 32.9 Å². The first kappa shape index (κ1) is 18.2. The first-order chi connectivity index (χ1) is 12.1. The summed E-state index contributed by atoms with van der Waals surface area (Å²) >= 11 is 0. The summed E-state index contributed by atoms with van der Waals surface area (Å²) in [6, 6.07) is 6.31. The minimum Gasteiger partial charge on any atom is -0.296 e. The van der Waals surface area contributed by atoms with Crippen molar-refractivity contribution in [2.45, 2.75) is 65.5 Å². The summed E-state index contributed by atoms with van der Waals surface area (Å²) in [7, 11) is 0.